The number of carbonyl (C=O) groups is 1. The first-order valence-electron chi connectivity index (χ1n) is 28.4. The van der Waals surface area contributed by atoms with Crippen molar-refractivity contribution in [3.8, 4) is 0 Å². The van der Waals surface area contributed by atoms with Crippen molar-refractivity contribution < 1.29 is 50.0 Å². The van der Waals surface area contributed by atoms with Crippen molar-refractivity contribution in [2.75, 3.05) is 13.2 Å². The van der Waals surface area contributed by atoms with E-state index < -0.39 is 74.2 Å². The molecule has 0 aromatic rings. The smallest absolute Gasteiger partial charge is 0.249 e. The summed E-state index contributed by atoms with van der Waals surface area (Å²) in [5, 5.41) is 76.1. The van der Waals surface area contributed by atoms with Crippen LogP contribution in [0.2, 0.25) is 0 Å². The lowest BCUT2D eigenvalue weighted by Crippen LogP contribution is -2.60. The summed E-state index contributed by atoms with van der Waals surface area (Å²) in [5.41, 5.74) is 0. The highest BCUT2D eigenvalue weighted by Crippen LogP contribution is 2.24. The molecule has 1 aliphatic heterocycles. The van der Waals surface area contributed by atoms with Crippen LogP contribution in [-0.4, -0.2) is 110 Å². The van der Waals surface area contributed by atoms with Crippen molar-refractivity contribution >= 4 is 5.91 Å². The standard InChI is InChI=1S/C55H109NO10/c1-3-5-7-9-11-13-15-17-19-21-23-25-26-28-30-32-34-36-38-40-42-47(58)50(60)46(45-65-55-53(63)52(62)51(61)49(44-57)66-55)56-54(64)48(59)43-41-39-37-35-33-31-29-27-24-22-20-18-16-14-12-10-8-6-4-2/h46-53,55,57-63H,3-45H2,1-2H3,(H,56,64). The van der Waals surface area contributed by atoms with E-state index in [9.17, 15) is 40.5 Å². The van der Waals surface area contributed by atoms with Crippen molar-refractivity contribution in [1.29, 1.82) is 0 Å². The molecule has 0 aliphatic carbocycles. The molecule has 0 spiro atoms. The van der Waals surface area contributed by atoms with Gasteiger partial charge in [-0.15, -0.1) is 0 Å². The fourth-order valence-corrected chi connectivity index (χ4v) is 9.50. The van der Waals surface area contributed by atoms with Crippen molar-refractivity contribution in [3.05, 3.63) is 0 Å². The Hall–Kier alpha value is -0.890. The molecule has 9 unspecified atom stereocenters. The second-order valence-corrected chi connectivity index (χ2v) is 20.4. The Labute approximate surface area is 405 Å². The molecular weight excluding hydrogens is 835 g/mol. The second-order valence-electron chi connectivity index (χ2n) is 20.4. The Morgan fingerprint density at radius 3 is 1.12 bits per heavy atom. The average Bonchev–Trinajstić information content (AvgIpc) is 3.32. The molecule has 1 amide bonds. The van der Waals surface area contributed by atoms with Crippen LogP contribution in [0, 0.1) is 0 Å². The van der Waals surface area contributed by atoms with E-state index in [0.29, 0.717) is 19.3 Å². The summed E-state index contributed by atoms with van der Waals surface area (Å²) in [5.74, 6) is -0.690. The van der Waals surface area contributed by atoms with Crippen LogP contribution in [0.5, 0.6) is 0 Å². The van der Waals surface area contributed by atoms with E-state index >= 15 is 0 Å². The minimum Gasteiger partial charge on any atom is -0.394 e. The highest BCUT2D eigenvalue weighted by atomic mass is 16.7. The average molecular weight is 944 g/mol. The number of hydrogen-bond donors (Lipinski definition) is 8. The van der Waals surface area contributed by atoms with Gasteiger partial charge in [-0.05, 0) is 12.8 Å². The van der Waals surface area contributed by atoms with Gasteiger partial charge in [0.05, 0.1) is 25.4 Å². The molecule has 66 heavy (non-hydrogen) atoms. The van der Waals surface area contributed by atoms with Crippen LogP contribution < -0.4 is 5.32 Å². The molecule has 0 saturated carbocycles. The third-order valence-electron chi connectivity index (χ3n) is 14.2. The van der Waals surface area contributed by atoms with Crippen molar-refractivity contribution in [2.24, 2.45) is 0 Å². The second kappa shape index (κ2) is 45.3. The van der Waals surface area contributed by atoms with Gasteiger partial charge in [-0.3, -0.25) is 4.79 Å². The maximum atomic E-state index is 13.2. The highest BCUT2D eigenvalue weighted by Gasteiger charge is 2.44. The van der Waals surface area contributed by atoms with Crippen LogP contribution in [-0.2, 0) is 14.3 Å². The van der Waals surface area contributed by atoms with Crippen LogP contribution in [0.4, 0.5) is 0 Å². The Balaban J connectivity index is 2.32. The minimum absolute atomic E-state index is 0.267. The van der Waals surface area contributed by atoms with Crippen LogP contribution in [0.3, 0.4) is 0 Å². The van der Waals surface area contributed by atoms with Crippen molar-refractivity contribution in [1.82, 2.24) is 5.32 Å². The van der Waals surface area contributed by atoms with Gasteiger partial charge in [-0.1, -0.05) is 264 Å². The van der Waals surface area contributed by atoms with Gasteiger partial charge in [-0.2, -0.15) is 0 Å². The van der Waals surface area contributed by atoms with E-state index in [1.807, 2.05) is 0 Å². The molecule has 1 heterocycles. The lowest BCUT2D eigenvalue weighted by Gasteiger charge is -2.40. The number of nitrogens with one attached hydrogen (secondary N) is 1. The predicted octanol–water partition coefficient (Wildman–Crippen LogP) is 11.4. The molecule has 1 aliphatic rings. The van der Waals surface area contributed by atoms with Gasteiger partial charge in [0.15, 0.2) is 6.29 Å². The predicted molar refractivity (Wildman–Crippen MR) is 270 cm³/mol. The lowest BCUT2D eigenvalue weighted by atomic mass is 9.98. The Bertz CT molecular complexity index is 1040. The number of unbranched alkanes of at least 4 members (excludes halogenated alkanes) is 37. The normalized spacial score (nSPS) is 20.7. The SMILES string of the molecule is CCCCCCCCCCCCCCCCCCCCCCC(O)C(O)C(COC1OC(CO)C(O)C(O)C1O)NC(=O)C(O)CCCCCCCCCCCCCCCCCCCCC. The van der Waals surface area contributed by atoms with E-state index in [0.717, 1.165) is 38.5 Å². The van der Waals surface area contributed by atoms with Crippen LogP contribution in [0.25, 0.3) is 0 Å². The summed E-state index contributed by atoms with van der Waals surface area (Å²) in [6.45, 7) is 3.49. The third-order valence-corrected chi connectivity index (χ3v) is 14.2. The van der Waals surface area contributed by atoms with Gasteiger partial charge >= 0.3 is 0 Å². The van der Waals surface area contributed by atoms with Gasteiger partial charge < -0.3 is 50.5 Å². The minimum atomic E-state index is -1.66. The summed E-state index contributed by atoms with van der Waals surface area (Å²) in [7, 11) is 0. The molecule has 11 nitrogen and oxygen atoms in total. The molecule has 0 radical (unpaired) electrons. The molecule has 8 N–H and O–H groups in total. The number of ether oxygens (including phenoxy) is 2. The zero-order valence-corrected chi connectivity index (χ0v) is 43.0. The van der Waals surface area contributed by atoms with E-state index in [-0.39, 0.29) is 6.42 Å². The van der Waals surface area contributed by atoms with Crippen LogP contribution in [0.1, 0.15) is 277 Å². The topological polar surface area (TPSA) is 189 Å². The fourth-order valence-electron chi connectivity index (χ4n) is 9.50. The lowest BCUT2D eigenvalue weighted by molar-refractivity contribution is -0.303. The number of aliphatic hydroxyl groups is 7. The molecule has 0 aromatic heterocycles. The van der Waals surface area contributed by atoms with Crippen molar-refractivity contribution in [3.63, 3.8) is 0 Å². The van der Waals surface area contributed by atoms with Gasteiger partial charge in [0.2, 0.25) is 5.91 Å². The van der Waals surface area contributed by atoms with Gasteiger partial charge in [0.1, 0.15) is 36.6 Å². The molecule has 0 bridgehead atoms. The monoisotopic (exact) mass is 944 g/mol. The maximum absolute atomic E-state index is 13.2. The molecule has 9 atom stereocenters. The molecule has 11 heteroatoms. The zero-order valence-electron chi connectivity index (χ0n) is 43.0. The van der Waals surface area contributed by atoms with Crippen LogP contribution in [0.15, 0.2) is 0 Å². The number of carbonyl (C=O) groups excluding carboxylic acids is 1. The molecule has 1 rings (SSSR count). The van der Waals surface area contributed by atoms with E-state index in [2.05, 4.69) is 19.2 Å². The number of amides is 1. The molecular formula is C55H109NO10. The van der Waals surface area contributed by atoms with E-state index in [1.165, 1.54) is 199 Å². The molecule has 0 aromatic carbocycles. The molecule has 1 saturated heterocycles. The summed E-state index contributed by atoms with van der Waals surface area (Å²) >= 11 is 0. The van der Waals surface area contributed by atoms with Crippen molar-refractivity contribution in [2.45, 2.75) is 332 Å². The summed E-state index contributed by atoms with van der Waals surface area (Å²) in [4.78, 5) is 13.2. The van der Waals surface area contributed by atoms with E-state index in [1.54, 1.807) is 0 Å². The van der Waals surface area contributed by atoms with E-state index in [4.69, 9.17) is 9.47 Å². The number of rotatable bonds is 49. The van der Waals surface area contributed by atoms with Crippen LogP contribution >= 0.6 is 0 Å². The zero-order chi connectivity index (χ0) is 48.3. The Kier molecular flexibility index (Phi) is 43.3. The highest BCUT2D eigenvalue weighted by molar-refractivity contribution is 5.80. The van der Waals surface area contributed by atoms with Gasteiger partial charge in [-0.25, -0.2) is 0 Å². The number of hydrogen-bond acceptors (Lipinski definition) is 10. The summed E-state index contributed by atoms with van der Waals surface area (Å²) in [6.07, 6.45) is 38.6. The fraction of sp³-hybridized carbons (Fsp3) is 0.982. The number of aliphatic hydroxyl groups excluding tert-OH is 7. The van der Waals surface area contributed by atoms with Gasteiger partial charge in [0.25, 0.3) is 0 Å². The van der Waals surface area contributed by atoms with Gasteiger partial charge in [0, 0.05) is 0 Å². The molecule has 394 valence electrons. The third kappa shape index (κ3) is 33.6. The largest absolute Gasteiger partial charge is 0.394 e. The first kappa shape index (κ1) is 63.1. The Morgan fingerprint density at radius 2 is 0.788 bits per heavy atom. The maximum Gasteiger partial charge on any atom is 0.249 e. The first-order chi connectivity index (χ1) is 32.2. The quantitative estimate of drug-likeness (QED) is 0.0273. The summed E-state index contributed by atoms with van der Waals surface area (Å²) < 4.78 is 11.1. The Morgan fingerprint density at radius 1 is 0.470 bits per heavy atom. The summed E-state index contributed by atoms with van der Waals surface area (Å²) in [6, 6.07) is -1.16. The molecule has 1 fully saturated rings. The first-order valence-corrected chi connectivity index (χ1v) is 28.4.